The molecule has 0 saturated carbocycles. The monoisotopic (exact) mass is 198 g/mol. The topological polar surface area (TPSA) is 15.3 Å². The van der Waals surface area contributed by atoms with E-state index in [0.29, 0.717) is 11.6 Å². The van der Waals surface area contributed by atoms with Gasteiger partial charge < -0.3 is 5.32 Å². The van der Waals surface area contributed by atoms with Gasteiger partial charge in [0.25, 0.3) is 0 Å². The van der Waals surface area contributed by atoms with Crippen molar-refractivity contribution in [3.63, 3.8) is 0 Å². The van der Waals surface area contributed by atoms with E-state index in [1.165, 1.54) is 32.4 Å². The zero-order valence-corrected chi connectivity index (χ0v) is 10.3. The summed E-state index contributed by atoms with van der Waals surface area (Å²) in [6, 6.07) is 0.659. The Morgan fingerprint density at radius 3 is 2.71 bits per heavy atom. The third kappa shape index (κ3) is 2.71. The quantitative estimate of drug-likeness (QED) is 0.745. The van der Waals surface area contributed by atoms with Crippen molar-refractivity contribution in [2.45, 2.75) is 58.5 Å². The van der Waals surface area contributed by atoms with Crippen LogP contribution in [0.15, 0.2) is 0 Å². The Balaban J connectivity index is 2.54. The molecule has 1 aliphatic heterocycles. The fourth-order valence-corrected chi connectivity index (χ4v) is 2.18. The van der Waals surface area contributed by atoms with Crippen molar-refractivity contribution >= 4 is 0 Å². The van der Waals surface area contributed by atoms with E-state index in [1.807, 2.05) is 0 Å². The van der Waals surface area contributed by atoms with Crippen LogP contribution in [0.2, 0.25) is 0 Å². The van der Waals surface area contributed by atoms with Crippen LogP contribution in [0.1, 0.15) is 47.0 Å². The summed E-state index contributed by atoms with van der Waals surface area (Å²) in [6.07, 6.45) is 3.89. The molecule has 1 heterocycles. The van der Waals surface area contributed by atoms with Crippen LogP contribution in [-0.4, -0.2) is 36.1 Å². The molecule has 1 rings (SSSR count). The predicted molar refractivity (Wildman–Crippen MR) is 62.6 cm³/mol. The standard InChI is InChI=1S/C12H26N2/c1-5-7-8-14-9-11(3)13-10-12(14,4)6-2/h11,13H,5-10H2,1-4H3. The summed E-state index contributed by atoms with van der Waals surface area (Å²) in [6.45, 7) is 12.9. The third-order valence-corrected chi connectivity index (χ3v) is 3.63. The summed E-state index contributed by atoms with van der Waals surface area (Å²) in [5.74, 6) is 0. The molecular weight excluding hydrogens is 172 g/mol. The van der Waals surface area contributed by atoms with Crippen molar-refractivity contribution in [1.29, 1.82) is 0 Å². The molecule has 0 amide bonds. The first kappa shape index (κ1) is 12.0. The maximum atomic E-state index is 3.59. The molecule has 0 spiro atoms. The summed E-state index contributed by atoms with van der Waals surface area (Å²) in [4.78, 5) is 2.68. The highest BCUT2D eigenvalue weighted by molar-refractivity contribution is 4.93. The first-order valence-electron chi connectivity index (χ1n) is 6.11. The van der Waals surface area contributed by atoms with Gasteiger partial charge >= 0.3 is 0 Å². The normalized spacial score (nSPS) is 34.7. The van der Waals surface area contributed by atoms with E-state index in [1.54, 1.807) is 0 Å². The lowest BCUT2D eigenvalue weighted by Gasteiger charge is -2.47. The molecule has 1 aliphatic rings. The molecule has 0 bridgehead atoms. The van der Waals surface area contributed by atoms with Gasteiger partial charge in [-0.1, -0.05) is 20.3 Å². The Hall–Kier alpha value is -0.0800. The summed E-state index contributed by atoms with van der Waals surface area (Å²) < 4.78 is 0. The Labute approximate surface area is 89.1 Å². The van der Waals surface area contributed by atoms with E-state index in [-0.39, 0.29) is 0 Å². The molecule has 1 saturated heterocycles. The summed E-state index contributed by atoms with van der Waals surface area (Å²) >= 11 is 0. The summed E-state index contributed by atoms with van der Waals surface area (Å²) in [5, 5.41) is 3.59. The van der Waals surface area contributed by atoms with E-state index in [4.69, 9.17) is 0 Å². The van der Waals surface area contributed by atoms with E-state index in [0.717, 1.165) is 6.54 Å². The van der Waals surface area contributed by atoms with E-state index >= 15 is 0 Å². The second-order valence-corrected chi connectivity index (χ2v) is 4.93. The maximum absolute atomic E-state index is 3.59. The second kappa shape index (κ2) is 5.13. The lowest BCUT2D eigenvalue weighted by Crippen LogP contribution is -2.62. The smallest absolute Gasteiger partial charge is 0.0303 e. The van der Waals surface area contributed by atoms with Gasteiger partial charge in [-0.2, -0.15) is 0 Å². The van der Waals surface area contributed by atoms with Gasteiger partial charge in [-0.05, 0) is 33.2 Å². The zero-order valence-electron chi connectivity index (χ0n) is 10.3. The Kier molecular flexibility index (Phi) is 4.39. The van der Waals surface area contributed by atoms with Crippen molar-refractivity contribution < 1.29 is 0 Å². The lowest BCUT2D eigenvalue weighted by molar-refractivity contribution is 0.0515. The van der Waals surface area contributed by atoms with Crippen LogP contribution >= 0.6 is 0 Å². The van der Waals surface area contributed by atoms with Gasteiger partial charge in [0.2, 0.25) is 0 Å². The molecule has 14 heavy (non-hydrogen) atoms. The number of hydrogen-bond acceptors (Lipinski definition) is 2. The molecule has 0 aromatic heterocycles. The first-order chi connectivity index (χ1) is 6.62. The largest absolute Gasteiger partial charge is 0.311 e. The minimum absolute atomic E-state index is 0.391. The molecule has 2 unspecified atom stereocenters. The van der Waals surface area contributed by atoms with Crippen LogP contribution < -0.4 is 5.32 Å². The number of rotatable bonds is 4. The Bertz CT molecular complexity index is 170. The Morgan fingerprint density at radius 2 is 2.14 bits per heavy atom. The average Bonchev–Trinajstić information content (AvgIpc) is 2.20. The van der Waals surface area contributed by atoms with E-state index in [2.05, 4.69) is 37.9 Å². The van der Waals surface area contributed by atoms with Crippen molar-refractivity contribution in [2.75, 3.05) is 19.6 Å². The van der Waals surface area contributed by atoms with E-state index < -0.39 is 0 Å². The predicted octanol–water partition coefficient (Wildman–Crippen LogP) is 2.25. The van der Waals surface area contributed by atoms with Gasteiger partial charge in [-0.15, -0.1) is 0 Å². The highest BCUT2D eigenvalue weighted by atomic mass is 15.3. The SMILES string of the molecule is CCCCN1CC(C)NCC1(C)CC. The number of unbranched alkanes of at least 4 members (excludes halogenated alkanes) is 1. The number of piperazine rings is 1. The minimum Gasteiger partial charge on any atom is -0.311 e. The highest BCUT2D eigenvalue weighted by Crippen LogP contribution is 2.22. The molecule has 0 aliphatic carbocycles. The molecule has 2 nitrogen and oxygen atoms in total. The number of nitrogens with one attached hydrogen (secondary N) is 1. The Morgan fingerprint density at radius 1 is 1.43 bits per heavy atom. The molecule has 2 heteroatoms. The molecule has 84 valence electrons. The maximum Gasteiger partial charge on any atom is 0.0303 e. The van der Waals surface area contributed by atoms with Crippen molar-refractivity contribution in [2.24, 2.45) is 0 Å². The summed E-state index contributed by atoms with van der Waals surface area (Å²) in [7, 11) is 0. The van der Waals surface area contributed by atoms with Crippen LogP contribution in [0.4, 0.5) is 0 Å². The number of nitrogens with zero attached hydrogens (tertiary/aromatic N) is 1. The highest BCUT2D eigenvalue weighted by Gasteiger charge is 2.34. The van der Waals surface area contributed by atoms with E-state index in [9.17, 15) is 0 Å². The van der Waals surface area contributed by atoms with Gasteiger partial charge in [0, 0.05) is 24.7 Å². The first-order valence-corrected chi connectivity index (χ1v) is 6.11. The van der Waals surface area contributed by atoms with Crippen LogP contribution in [0.25, 0.3) is 0 Å². The zero-order chi connectivity index (χ0) is 10.6. The second-order valence-electron chi connectivity index (χ2n) is 4.93. The van der Waals surface area contributed by atoms with Crippen LogP contribution in [0, 0.1) is 0 Å². The molecule has 2 atom stereocenters. The molecule has 0 aromatic carbocycles. The average molecular weight is 198 g/mol. The third-order valence-electron chi connectivity index (χ3n) is 3.63. The number of hydrogen-bond donors (Lipinski definition) is 1. The minimum atomic E-state index is 0.391. The fourth-order valence-electron chi connectivity index (χ4n) is 2.18. The van der Waals surface area contributed by atoms with Gasteiger partial charge in [-0.3, -0.25) is 4.90 Å². The lowest BCUT2D eigenvalue weighted by atomic mass is 9.92. The van der Waals surface area contributed by atoms with Crippen LogP contribution in [0.5, 0.6) is 0 Å². The van der Waals surface area contributed by atoms with Gasteiger partial charge in [0.05, 0.1) is 0 Å². The van der Waals surface area contributed by atoms with Crippen molar-refractivity contribution in [3.8, 4) is 0 Å². The van der Waals surface area contributed by atoms with Gasteiger partial charge in [0.15, 0.2) is 0 Å². The molecule has 1 N–H and O–H groups in total. The van der Waals surface area contributed by atoms with Crippen molar-refractivity contribution in [3.05, 3.63) is 0 Å². The molecular formula is C12H26N2. The van der Waals surface area contributed by atoms with Crippen LogP contribution in [-0.2, 0) is 0 Å². The summed E-state index contributed by atoms with van der Waals surface area (Å²) in [5.41, 5.74) is 0.391. The van der Waals surface area contributed by atoms with Crippen LogP contribution in [0.3, 0.4) is 0 Å². The molecule has 0 aromatic rings. The van der Waals surface area contributed by atoms with Gasteiger partial charge in [0.1, 0.15) is 0 Å². The van der Waals surface area contributed by atoms with Crippen molar-refractivity contribution in [1.82, 2.24) is 10.2 Å². The fraction of sp³-hybridized carbons (Fsp3) is 1.00. The van der Waals surface area contributed by atoms with Gasteiger partial charge in [-0.25, -0.2) is 0 Å². The molecule has 1 fully saturated rings. The molecule has 0 radical (unpaired) electrons.